The zero-order chi connectivity index (χ0) is 18.1. The maximum absolute atomic E-state index is 12.3. The summed E-state index contributed by atoms with van der Waals surface area (Å²) in [4.78, 5) is 18.6. The number of rotatable bonds is 4. The van der Waals surface area contributed by atoms with Crippen LogP contribution in [0.25, 0.3) is 16.2 Å². The first kappa shape index (κ1) is 16.7. The molecule has 0 fully saturated rings. The molecule has 0 bridgehead atoms. The molecule has 1 N–H and O–H groups in total. The average molecular weight is 381 g/mol. The van der Waals surface area contributed by atoms with E-state index in [0.29, 0.717) is 16.1 Å². The number of carbonyl (C=O) groups is 1. The van der Waals surface area contributed by atoms with E-state index in [1.54, 1.807) is 41.9 Å². The lowest BCUT2D eigenvalue weighted by Crippen LogP contribution is -2.11. The lowest BCUT2D eigenvalue weighted by Gasteiger charge is -2.06. The topological polar surface area (TPSA) is 63.5 Å². The smallest absolute Gasteiger partial charge is 0.255 e. The van der Waals surface area contributed by atoms with Gasteiger partial charge in [0.1, 0.15) is 0 Å². The van der Waals surface area contributed by atoms with Crippen molar-refractivity contribution >= 4 is 38.7 Å². The summed E-state index contributed by atoms with van der Waals surface area (Å²) >= 11 is 1.59. The molecule has 0 aliphatic rings. The number of nitrogens with zero attached hydrogens (tertiary/aromatic N) is 2. The Kier molecular flexibility index (Phi) is 4.40. The highest BCUT2D eigenvalue weighted by Crippen LogP contribution is 2.23. The number of fused-ring (bicyclic) bond motifs is 1. The van der Waals surface area contributed by atoms with E-state index in [9.17, 15) is 9.00 Å². The van der Waals surface area contributed by atoms with E-state index in [0.717, 1.165) is 16.2 Å². The SMILES string of the molecule is CS(=O)c1ccc(C(=O)Nc2ccc(-c3cn4ccsc4n3)cc2)cc1. The van der Waals surface area contributed by atoms with E-state index in [2.05, 4.69) is 10.3 Å². The van der Waals surface area contributed by atoms with Gasteiger partial charge in [-0.25, -0.2) is 4.98 Å². The second kappa shape index (κ2) is 6.86. The lowest BCUT2D eigenvalue weighted by molar-refractivity contribution is 0.102. The van der Waals surface area contributed by atoms with E-state index in [1.807, 2.05) is 46.4 Å². The van der Waals surface area contributed by atoms with Gasteiger partial charge in [0.15, 0.2) is 4.96 Å². The van der Waals surface area contributed by atoms with E-state index < -0.39 is 10.8 Å². The van der Waals surface area contributed by atoms with Gasteiger partial charge < -0.3 is 5.32 Å². The minimum absolute atomic E-state index is 0.200. The molecule has 2 aromatic heterocycles. The zero-order valence-corrected chi connectivity index (χ0v) is 15.5. The average Bonchev–Trinajstić information content (AvgIpc) is 3.24. The molecule has 0 saturated carbocycles. The summed E-state index contributed by atoms with van der Waals surface area (Å²) in [5.74, 6) is -0.200. The molecule has 0 spiro atoms. The van der Waals surface area contributed by atoms with Gasteiger partial charge in [0.2, 0.25) is 0 Å². The van der Waals surface area contributed by atoms with Gasteiger partial charge in [0.25, 0.3) is 5.91 Å². The molecule has 0 radical (unpaired) electrons. The molecule has 4 aromatic rings. The molecule has 0 saturated heterocycles. The van der Waals surface area contributed by atoms with Crippen molar-refractivity contribution in [3.63, 3.8) is 0 Å². The highest BCUT2D eigenvalue weighted by molar-refractivity contribution is 7.84. The Balaban J connectivity index is 1.49. The number of hydrogen-bond donors (Lipinski definition) is 1. The van der Waals surface area contributed by atoms with Crippen LogP contribution >= 0.6 is 11.3 Å². The van der Waals surface area contributed by atoms with Gasteiger partial charge in [-0.05, 0) is 36.4 Å². The molecule has 5 nitrogen and oxygen atoms in total. The van der Waals surface area contributed by atoms with Crippen molar-refractivity contribution in [3.05, 3.63) is 71.9 Å². The zero-order valence-electron chi connectivity index (χ0n) is 13.9. The molecule has 130 valence electrons. The van der Waals surface area contributed by atoms with Crippen LogP contribution in [0.2, 0.25) is 0 Å². The lowest BCUT2D eigenvalue weighted by atomic mass is 10.1. The first-order valence-electron chi connectivity index (χ1n) is 7.87. The van der Waals surface area contributed by atoms with Gasteiger partial charge in [-0.3, -0.25) is 13.4 Å². The predicted molar refractivity (Wildman–Crippen MR) is 105 cm³/mol. The molecule has 1 amide bonds. The molecule has 1 atom stereocenters. The van der Waals surface area contributed by atoms with Crippen molar-refractivity contribution < 1.29 is 9.00 Å². The molecule has 1 unspecified atom stereocenters. The molecule has 4 rings (SSSR count). The van der Waals surface area contributed by atoms with Crippen molar-refractivity contribution in [2.75, 3.05) is 11.6 Å². The van der Waals surface area contributed by atoms with Crippen molar-refractivity contribution in [3.8, 4) is 11.3 Å². The molecule has 26 heavy (non-hydrogen) atoms. The van der Waals surface area contributed by atoms with Gasteiger partial charge in [-0.1, -0.05) is 12.1 Å². The van der Waals surface area contributed by atoms with Crippen molar-refractivity contribution in [1.29, 1.82) is 0 Å². The minimum atomic E-state index is -1.05. The Hall–Kier alpha value is -2.77. The second-order valence-electron chi connectivity index (χ2n) is 5.73. The fourth-order valence-electron chi connectivity index (χ4n) is 2.59. The van der Waals surface area contributed by atoms with Crippen LogP contribution in [-0.4, -0.2) is 25.8 Å². The van der Waals surface area contributed by atoms with E-state index in [4.69, 9.17) is 0 Å². The number of aromatic nitrogens is 2. The Morgan fingerprint density at radius 2 is 1.85 bits per heavy atom. The van der Waals surface area contributed by atoms with Gasteiger partial charge in [0, 0.05) is 56.5 Å². The molecular formula is C19H15N3O2S2. The fourth-order valence-corrected chi connectivity index (χ4v) is 3.81. The standard InChI is InChI=1S/C19H15N3O2S2/c1-26(24)16-8-4-14(5-9-16)18(23)20-15-6-2-13(3-7-15)17-12-22-10-11-25-19(22)21-17/h2-12H,1H3,(H,20,23). The predicted octanol–water partition coefficient (Wildman–Crippen LogP) is 4.05. The third-order valence-corrected chi connectivity index (χ3v) is 5.69. The summed E-state index contributed by atoms with van der Waals surface area (Å²) in [6, 6.07) is 14.4. The number of anilines is 1. The Bertz CT molecular complexity index is 1070. The van der Waals surface area contributed by atoms with Gasteiger partial charge >= 0.3 is 0 Å². The van der Waals surface area contributed by atoms with Crippen LogP contribution in [0.4, 0.5) is 5.69 Å². The minimum Gasteiger partial charge on any atom is -0.322 e. The maximum atomic E-state index is 12.3. The van der Waals surface area contributed by atoms with Gasteiger partial charge in [-0.2, -0.15) is 0 Å². The van der Waals surface area contributed by atoms with E-state index >= 15 is 0 Å². The van der Waals surface area contributed by atoms with E-state index in [1.165, 1.54) is 0 Å². The maximum Gasteiger partial charge on any atom is 0.255 e. The number of imidazole rings is 1. The van der Waals surface area contributed by atoms with Crippen molar-refractivity contribution in [2.45, 2.75) is 4.90 Å². The van der Waals surface area contributed by atoms with Crippen LogP contribution in [0, 0.1) is 0 Å². The summed E-state index contributed by atoms with van der Waals surface area (Å²) in [5, 5.41) is 4.86. The van der Waals surface area contributed by atoms with E-state index in [-0.39, 0.29) is 5.91 Å². The van der Waals surface area contributed by atoms with Gasteiger partial charge in [0.05, 0.1) is 5.69 Å². The van der Waals surface area contributed by atoms with Crippen LogP contribution < -0.4 is 5.32 Å². The quantitative estimate of drug-likeness (QED) is 0.580. The van der Waals surface area contributed by atoms with Crippen LogP contribution in [0.3, 0.4) is 0 Å². The van der Waals surface area contributed by atoms with Crippen LogP contribution in [-0.2, 0) is 10.8 Å². The Morgan fingerprint density at radius 3 is 2.50 bits per heavy atom. The highest BCUT2D eigenvalue weighted by atomic mass is 32.2. The summed E-state index contributed by atoms with van der Waals surface area (Å²) in [7, 11) is -1.05. The highest BCUT2D eigenvalue weighted by Gasteiger charge is 2.09. The summed E-state index contributed by atoms with van der Waals surface area (Å²) < 4.78 is 13.4. The van der Waals surface area contributed by atoms with Gasteiger partial charge in [-0.15, -0.1) is 11.3 Å². The number of carbonyl (C=O) groups excluding carboxylic acids is 1. The van der Waals surface area contributed by atoms with Crippen molar-refractivity contribution in [2.24, 2.45) is 0 Å². The summed E-state index contributed by atoms with van der Waals surface area (Å²) in [5.41, 5.74) is 3.13. The number of hydrogen-bond acceptors (Lipinski definition) is 4. The second-order valence-corrected chi connectivity index (χ2v) is 7.98. The Labute approximate surface area is 156 Å². The third kappa shape index (κ3) is 3.31. The first-order chi connectivity index (χ1) is 12.6. The van der Waals surface area contributed by atoms with Crippen LogP contribution in [0.15, 0.2) is 71.2 Å². The number of nitrogens with one attached hydrogen (secondary N) is 1. The first-order valence-corrected chi connectivity index (χ1v) is 10.3. The normalized spacial score (nSPS) is 12.2. The monoisotopic (exact) mass is 381 g/mol. The Morgan fingerprint density at radius 1 is 1.12 bits per heavy atom. The molecule has 2 aromatic carbocycles. The third-order valence-electron chi connectivity index (χ3n) is 3.98. The fraction of sp³-hybridized carbons (Fsp3) is 0.0526. The van der Waals surface area contributed by atoms with Crippen LogP contribution in [0.1, 0.15) is 10.4 Å². The van der Waals surface area contributed by atoms with Crippen LogP contribution in [0.5, 0.6) is 0 Å². The molecule has 7 heteroatoms. The summed E-state index contributed by atoms with van der Waals surface area (Å²) in [6.07, 6.45) is 5.57. The number of thiazole rings is 1. The number of amides is 1. The summed E-state index contributed by atoms with van der Waals surface area (Å²) in [6.45, 7) is 0. The number of benzene rings is 2. The largest absolute Gasteiger partial charge is 0.322 e. The molecule has 0 aliphatic heterocycles. The molecule has 2 heterocycles. The molecular weight excluding hydrogens is 366 g/mol. The van der Waals surface area contributed by atoms with Crippen molar-refractivity contribution in [1.82, 2.24) is 9.38 Å². The molecule has 0 aliphatic carbocycles.